The maximum absolute atomic E-state index is 12.6. The molecular formula is C13H8BrN3O4S. The number of nitro groups is 1. The first-order valence-electron chi connectivity index (χ1n) is 6.03. The van der Waals surface area contributed by atoms with Crippen molar-refractivity contribution in [1.82, 2.24) is 9.19 Å². The van der Waals surface area contributed by atoms with Crippen molar-refractivity contribution in [3.05, 3.63) is 63.2 Å². The predicted octanol–water partition coefficient (Wildman–Crippen LogP) is 2.94. The first-order valence-corrected chi connectivity index (χ1v) is 8.26. The van der Waals surface area contributed by atoms with E-state index in [0.717, 1.165) is 20.7 Å². The zero-order valence-electron chi connectivity index (χ0n) is 10.9. The highest BCUT2D eigenvalue weighted by atomic mass is 79.9. The summed E-state index contributed by atoms with van der Waals surface area (Å²) < 4.78 is 26.9. The maximum atomic E-state index is 12.6. The predicted molar refractivity (Wildman–Crippen MR) is 83.1 cm³/mol. The molecule has 0 aliphatic heterocycles. The van der Waals surface area contributed by atoms with Gasteiger partial charge in [0.25, 0.3) is 15.7 Å². The number of benzene rings is 2. The van der Waals surface area contributed by atoms with Gasteiger partial charge in [-0.15, -0.1) is 0 Å². The van der Waals surface area contributed by atoms with E-state index in [9.17, 15) is 18.5 Å². The SMILES string of the molecule is O=[N+]([O-])c1ccc(S(=O)(=O)n2ncc3cc(Br)ccc32)cc1. The molecule has 0 bridgehead atoms. The Balaban J connectivity index is 2.13. The van der Waals surface area contributed by atoms with Crippen molar-refractivity contribution in [3.8, 4) is 0 Å². The molecule has 112 valence electrons. The number of hydrogen-bond acceptors (Lipinski definition) is 5. The van der Waals surface area contributed by atoms with Gasteiger partial charge < -0.3 is 0 Å². The molecule has 1 aromatic heterocycles. The number of aromatic nitrogens is 2. The standard InChI is InChI=1S/C13H8BrN3O4S/c14-10-1-6-13-9(7-10)8-15-16(13)22(20,21)12-4-2-11(3-5-12)17(18)19/h1-8H. The molecule has 0 amide bonds. The van der Waals surface area contributed by atoms with Crippen LogP contribution in [0.3, 0.4) is 0 Å². The second-order valence-electron chi connectivity index (χ2n) is 4.45. The molecule has 3 aromatic rings. The molecule has 0 aliphatic rings. The van der Waals surface area contributed by atoms with Crippen LogP contribution in [0.25, 0.3) is 10.9 Å². The number of fused-ring (bicyclic) bond motifs is 1. The average molecular weight is 382 g/mol. The highest BCUT2D eigenvalue weighted by Gasteiger charge is 2.21. The summed E-state index contributed by atoms with van der Waals surface area (Å²) in [6.07, 6.45) is 1.45. The van der Waals surface area contributed by atoms with Crippen LogP contribution in [0.5, 0.6) is 0 Å². The average Bonchev–Trinajstić information content (AvgIpc) is 2.91. The molecule has 3 rings (SSSR count). The maximum Gasteiger partial charge on any atom is 0.283 e. The lowest BCUT2D eigenvalue weighted by Crippen LogP contribution is -2.14. The molecule has 0 fully saturated rings. The Morgan fingerprint density at radius 2 is 1.82 bits per heavy atom. The second kappa shape index (κ2) is 5.18. The van der Waals surface area contributed by atoms with Crippen molar-refractivity contribution >= 4 is 42.5 Å². The number of rotatable bonds is 3. The van der Waals surface area contributed by atoms with Crippen LogP contribution in [0.1, 0.15) is 0 Å². The minimum absolute atomic E-state index is 0.0639. The van der Waals surface area contributed by atoms with E-state index in [1.807, 2.05) is 0 Å². The highest BCUT2D eigenvalue weighted by Crippen LogP contribution is 2.24. The first kappa shape index (κ1) is 14.7. The highest BCUT2D eigenvalue weighted by molar-refractivity contribution is 9.10. The number of halogens is 1. The van der Waals surface area contributed by atoms with E-state index in [0.29, 0.717) is 10.9 Å². The normalized spacial score (nSPS) is 11.7. The first-order chi connectivity index (χ1) is 10.4. The fraction of sp³-hybridized carbons (Fsp3) is 0. The van der Waals surface area contributed by atoms with E-state index in [4.69, 9.17) is 0 Å². The topological polar surface area (TPSA) is 95.1 Å². The van der Waals surface area contributed by atoms with E-state index >= 15 is 0 Å². The van der Waals surface area contributed by atoms with Gasteiger partial charge in [-0.1, -0.05) is 15.9 Å². The Labute approximate surface area is 133 Å². The molecule has 0 N–H and O–H groups in total. The zero-order chi connectivity index (χ0) is 15.9. The van der Waals surface area contributed by atoms with Crippen LogP contribution in [0, 0.1) is 10.1 Å². The summed E-state index contributed by atoms with van der Waals surface area (Å²) >= 11 is 3.31. The van der Waals surface area contributed by atoms with Gasteiger partial charge in [0.1, 0.15) is 0 Å². The van der Waals surface area contributed by atoms with Gasteiger partial charge in [-0.2, -0.15) is 17.6 Å². The molecule has 0 aliphatic carbocycles. The van der Waals surface area contributed by atoms with Crippen molar-refractivity contribution in [2.45, 2.75) is 4.90 Å². The number of non-ortho nitro benzene ring substituents is 1. The van der Waals surface area contributed by atoms with Crippen LogP contribution in [0.15, 0.2) is 58.0 Å². The molecule has 0 saturated carbocycles. The molecule has 1 heterocycles. The van der Waals surface area contributed by atoms with Gasteiger partial charge in [-0.05, 0) is 30.3 Å². The Morgan fingerprint density at radius 1 is 1.14 bits per heavy atom. The molecule has 0 spiro atoms. The lowest BCUT2D eigenvalue weighted by molar-refractivity contribution is -0.384. The Kier molecular flexibility index (Phi) is 3.45. The summed E-state index contributed by atoms with van der Waals surface area (Å²) in [5.74, 6) is 0. The summed E-state index contributed by atoms with van der Waals surface area (Å²) in [6.45, 7) is 0. The zero-order valence-corrected chi connectivity index (χ0v) is 13.3. The van der Waals surface area contributed by atoms with Gasteiger partial charge in [0.2, 0.25) is 0 Å². The molecule has 9 heteroatoms. The third-order valence-electron chi connectivity index (χ3n) is 3.07. The van der Waals surface area contributed by atoms with Crippen molar-refractivity contribution in [1.29, 1.82) is 0 Å². The van der Waals surface area contributed by atoms with E-state index in [2.05, 4.69) is 21.0 Å². The summed E-state index contributed by atoms with van der Waals surface area (Å²) in [7, 11) is -3.91. The lowest BCUT2D eigenvalue weighted by atomic mass is 10.3. The van der Waals surface area contributed by atoms with E-state index in [1.165, 1.54) is 18.3 Å². The van der Waals surface area contributed by atoms with Crippen molar-refractivity contribution in [3.63, 3.8) is 0 Å². The molecule has 2 aromatic carbocycles. The Morgan fingerprint density at radius 3 is 2.45 bits per heavy atom. The summed E-state index contributed by atoms with van der Waals surface area (Å²) in [5, 5.41) is 15.2. The van der Waals surface area contributed by atoms with Gasteiger partial charge in [0.15, 0.2) is 0 Å². The summed E-state index contributed by atoms with van der Waals surface area (Å²) in [6, 6.07) is 9.79. The quantitative estimate of drug-likeness (QED) is 0.513. The van der Waals surface area contributed by atoms with Crippen LogP contribution in [-0.2, 0) is 10.0 Å². The largest absolute Gasteiger partial charge is 0.283 e. The third kappa shape index (κ3) is 2.38. The number of nitro benzene ring substituents is 1. The van der Waals surface area contributed by atoms with Gasteiger partial charge in [-0.3, -0.25) is 10.1 Å². The van der Waals surface area contributed by atoms with Crippen molar-refractivity contribution in [2.24, 2.45) is 0 Å². The molecule has 0 unspecified atom stereocenters. The van der Waals surface area contributed by atoms with Gasteiger partial charge in [0.05, 0.1) is 21.5 Å². The molecule has 0 atom stereocenters. The lowest BCUT2D eigenvalue weighted by Gasteiger charge is -2.05. The van der Waals surface area contributed by atoms with Gasteiger partial charge in [0, 0.05) is 22.0 Å². The van der Waals surface area contributed by atoms with Crippen LogP contribution < -0.4 is 0 Å². The molecule has 7 nitrogen and oxygen atoms in total. The van der Waals surface area contributed by atoms with Crippen LogP contribution in [0.2, 0.25) is 0 Å². The fourth-order valence-electron chi connectivity index (χ4n) is 2.01. The Bertz CT molecular complexity index is 980. The second-order valence-corrected chi connectivity index (χ2v) is 7.13. The van der Waals surface area contributed by atoms with Gasteiger partial charge >= 0.3 is 0 Å². The van der Waals surface area contributed by atoms with Crippen LogP contribution in [-0.4, -0.2) is 22.5 Å². The minimum Gasteiger partial charge on any atom is -0.258 e. The fourth-order valence-corrected chi connectivity index (χ4v) is 3.67. The molecule has 0 saturated heterocycles. The number of hydrogen-bond donors (Lipinski definition) is 0. The summed E-state index contributed by atoms with van der Waals surface area (Å²) in [5.41, 5.74) is 0.259. The van der Waals surface area contributed by atoms with Crippen LogP contribution in [0.4, 0.5) is 5.69 Å². The van der Waals surface area contributed by atoms with Gasteiger partial charge in [-0.25, -0.2) is 0 Å². The van der Waals surface area contributed by atoms with E-state index in [1.54, 1.807) is 18.2 Å². The van der Waals surface area contributed by atoms with E-state index < -0.39 is 14.9 Å². The minimum atomic E-state index is -3.91. The monoisotopic (exact) mass is 381 g/mol. The van der Waals surface area contributed by atoms with Crippen molar-refractivity contribution < 1.29 is 13.3 Å². The van der Waals surface area contributed by atoms with E-state index in [-0.39, 0.29) is 10.6 Å². The third-order valence-corrected chi connectivity index (χ3v) is 5.18. The van der Waals surface area contributed by atoms with Crippen molar-refractivity contribution in [2.75, 3.05) is 0 Å². The number of nitrogens with zero attached hydrogens (tertiary/aromatic N) is 3. The molecule has 22 heavy (non-hydrogen) atoms. The Hall–Kier alpha value is -2.26. The van der Waals surface area contributed by atoms with Crippen LogP contribution >= 0.6 is 15.9 Å². The summed E-state index contributed by atoms with van der Waals surface area (Å²) in [4.78, 5) is 9.98. The molecule has 0 radical (unpaired) electrons. The molecular weight excluding hydrogens is 374 g/mol. The smallest absolute Gasteiger partial charge is 0.258 e.